The molecule has 1 aromatic rings. The van der Waals surface area contributed by atoms with Crippen molar-refractivity contribution in [1.82, 2.24) is 0 Å². The minimum absolute atomic E-state index is 0.00334. The first-order valence-electron chi connectivity index (χ1n) is 10.1. The molecular weight excluding hydrogens is 356 g/mol. The molecule has 0 bridgehead atoms. The fraction of sp³-hybridized carbons (Fsp3) is 0.667. The van der Waals surface area contributed by atoms with Gasteiger partial charge in [-0.15, -0.1) is 0 Å². The van der Waals surface area contributed by atoms with Crippen molar-refractivity contribution in [3.05, 3.63) is 35.4 Å². The molecule has 2 atom stereocenters. The first-order chi connectivity index (χ1) is 12.0. The SMILES string of the molecule is CCCCCC(c1ccc(C(=O)O)cc1)[Si]1(C)CCC(C)(C)O[Si]1(C)C. The van der Waals surface area contributed by atoms with Crippen LogP contribution < -0.4 is 0 Å². The third-order valence-electron chi connectivity index (χ3n) is 6.58. The Morgan fingerprint density at radius 1 is 1.19 bits per heavy atom. The third kappa shape index (κ3) is 4.49. The average Bonchev–Trinajstić information content (AvgIpc) is 2.55. The van der Waals surface area contributed by atoms with E-state index in [4.69, 9.17) is 4.43 Å². The van der Waals surface area contributed by atoms with Gasteiger partial charge in [0, 0.05) is 0 Å². The zero-order valence-electron chi connectivity index (χ0n) is 17.4. The number of benzene rings is 1. The van der Waals surface area contributed by atoms with E-state index in [1.807, 2.05) is 0 Å². The summed E-state index contributed by atoms with van der Waals surface area (Å²) in [4.78, 5) is 11.2. The van der Waals surface area contributed by atoms with Crippen molar-refractivity contribution in [2.75, 3.05) is 0 Å². The molecule has 2 rings (SSSR count). The van der Waals surface area contributed by atoms with Crippen molar-refractivity contribution in [3.63, 3.8) is 0 Å². The molecule has 1 heterocycles. The average molecular weight is 393 g/mol. The quantitative estimate of drug-likeness (QED) is 0.447. The van der Waals surface area contributed by atoms with Gasteiger partial charge in [0.1, 0.15) is 0 Å². The molecule has 1 aromatic carbocycles. The summed E-state index contributed by atoms with van der Waals surface area (Å²) in [7, 11) is -3.45. The fourth-order valence-electron chi connectivity index (χ4n) is 4.62. The molecule has 1 N–H and O–H groups in total. The molecule has 0 saturated carbocycles. The van der Waals surface area contributed by atoms with Crippen molar-refractivity contribution >= 4 is 21.4 Å². The van der Waals surface area contributed by atoms with Crippen LogP contribution in [0.15, 0.2) is 24.3 Å². The minimum atomic E-state index is -1.80. The third-order valence-corrected chi connectivity index (χ3v) is 24.2. The van der Waals surface area contributed by atoms with Crippen molar-refractivity contribution in [2.24, 2.45) is 0 Å². The predicted octanol–water partition coefficient (Wildman–Crippen LogP) is 6.15. The van der Waals surface area contributed by atoms with Crippen LogP contribution in [0.5, 0.6) is 0 Å². The number of hydrogen-bond acceptors (Lipinski definition) is 2. The zero-order valence-corrected chi connectivity index (χ0v) is 19.4. The smallest absolute Gasteiger partial charge is 0.335 e. The van der Waals surface area contributed by atoms with E-state index in [9.17, 15) is 9.90 Å². The maximum absolute atomic E-state index is 11.2. The number of carboxylic acids is 1. The second kappa shape index (κ2) is 7.99. The van der Waals surface area contributed by atoms with E-state index in [1.165, 1.54) is 37.3 Å². The van der Waals surface area contributed by atoms with E-state index in [0.717, 1.165) is 6.42 Å². The summed E-state index contributed by atoms with van der Waals surface area (Å²) in [5.74, 6) is -0.847. The zero-order chi connectivity index (χ0) is 19.6. The van der Waals surface area contributed by atoms with E-state index in [2.05, 4.69) is 52.5 Å². The van der Waals surface area contributed by atoms with Crippen LogP contribution in [0.2, 0.25) is 25.7 Å². The predicted molar refractivity (Wildman–Crippen MR) is 114 cm³/mol. The lowest BCUT2D eigenvalue weighted by molar-refractivity contribution is 0.0696. The first kappa shape index (κ1) is 21.4. The topological polar surface area (TPSA) is 46.5 Å². The molecule has 0 spiro atoms. The molecule has 1 fully saturated rings. The van der Waals surface area contributed by atoms with Crippen LogP contribution in [0, 0.1) is 0 Å². The van der Waals surface area contributed by atoms with E-state index < -0.39 is 21.4 Å². The Balaban J connectivity index is 2.38. The lowest BCUT2D eigenvalue weighted by atomic mass is 10.0. The lowest BCUT2D eigenvalue weighted by Crippen LogP contribution is -2.68. The first-order valence-corrected chi connectivity index (χ1v) is 16.7. The van der Waals surface area contributed by atoms with Gasteiger partial charge in [-0.2, -0.15) is 0 Å². The summed E-state index contributed by atoms with van der Waals surface area (Å²) in [5.41, 5.74) is 2.29. The molecule has 3 nitrogen and oxygen atoms in total. The van der Waals surface area contributed by atoms with Crippen molar-refractivity contribution in [2.45, 2.75) is 89.7 Å². The maximum Gasteiger partial charge on any atom is 0.335 e. The van der Waals surface area contributed by atoms with Crippen LogP contribution in [0.4, 0.5) is 0 Å². The monoisotopic (exact) mass is 392 g/mol. The van der Waals surface area contributed by atoms with Gasteiger partial charge in [-0.3, -0.25) is 0 Å². The summed E-state index contributed by atoms with van der Waals surface area (Å²) >= 11 is 0. The van der Waals surface area contributed by atoms with Crippen LogP contribution in [0.25, 0.3) is 0 Å². The Morgan fingerprint density at radius 2 is 1.81 bits per heavy atom. The Morgan fingerprint density at radius 3 is 2.31 bits per heavy atom. The normalized spacial score (nSPS) is 25.6. The summed E-state index contributed by atoms with van der Waals surface area (Å²) in [5, 5.41) is 9.22. The Kier molecular flexibility index (Phi) is 6.57. The van der Waals surface area contributed by atoms with Crippen molar-refractivity contribution < 1.29 is 14.3 Å². The summed E-state index contributed by atoms with van der Waals surface area (Å²) in [6.07, 6.45) is 6.10. The van der Waals surface area contributed by atoms with E-state index in [-0.39, 0.29) is 5.60 Å². The number of unbranched alkanes of at least 4 members (excludes halogenated alkanes) is 2. The molecule has 0 amide bonds. The molecule has 0 radical (unpaired) electrons. The number of carbonyl (C=O) groups is 1. The molecule has 1 aliphatic rings. The van der Waals surface area contributed by atoms with Gasteiger partial charge in [-0.25, -0.2) is 4.79 Å². The van der Waals surface area contributed by atoms with Crippen LogP contribution in [-0.2, 0) is 4.43 Å². The summed E-state index contributed by atoms with van der Waals surface area (Å²) in [6, 6.07) is 9.02. The largest absolute Gasteiger partial charge is 0.478 e. The molecule has 2 unspecified atom stereocenters. The van der Waals surface area contributed by atoms with Gasteiger partial charge in [0.15, 0.2) is 7.83 Å². The maximum atomic E-state index is 11.2. The number of hydrogen-bond donors (Lipinski definition) is 1. The molecule has 5 heteroatoms. The van der Waals surface area contributed by atoms with E-state index in [0.29, 0.717) is 11.1 Å². The number of carboxylic acid groups (broad SMARTS) is 1. The van der Waals surface area contributed by atoms with Crippen LogP contribution in [0.1, 0.15) is 74.3 Å². The molecule has 0 aromatic heterocycles. The highest BCUT2D eigenvalue weighted by atomic mass is 29.3. The van der Waals surface area contributed by atoms with Crippen molar-refractivity contribution in [1.29, 1.82) is 0 Å². The standard InChI is InChI=1S/C21H36O3Si2/c1-7-8-9-10-19(17-11-13-18(14-12-17)20(22)23)26(6)16-15-21(2,3)24-25(26,4)5/h11-14,19H,7-10,15-16H2,1-6H3,(H,22,23). The summed E-state index contributed by atoms with van der Waals surface area (Å²) in [6.45, 7) is 14.2. The minimum Gasteiger partial charge on any atom is -0.478 e. The Labute approximate surface area is 161 Å². The molecule has 26 heavy (non-hydrogen) atoms. The van der Waals surface area contributed by atoms with Gasteiger partial charge in [0.2, 0.25) is 0 Å². The highest BCUT2D eigenvalue weighted by molar-refractivity contribution is 7.39. The lowest BCUT2D eigenvalue weighted by Gasteiger charge is -2.54. The van der Waals surface area contributed by atoms with Crippen LogP contribution in [0.3, 0.4) is 0 Å². The summed E-state index contributed by atoms with van der Waals surface area (Å²) < 4.78 is 6.75. The Hall–Kier alpha value is -0.916. The van der Waals surface area contributed by atoms with Crippen molar-refractivity contribution in [3.8, 4) is 0 Å². The van der Waals surface area contributed by atoms with E-state index in [1.54, 1.807) is 12.1 Å². The molecule has 146 valence electrons. The number of aromatic carboxylic acids is 1. The highest BCUT2D eigenvalue weighted by Gasteiger charge is 2.56. The van der Waals surface area contributed by atoms with Gasteiger partial charge in [0.25, 0.3) is 0 Å². The highest BCUT2D eigenvalue weighted by Crippen LogP contribution is 2.47. The van der Waals surface area contributed by atoms with Gasteiger partial charge < -0.3 is 9.53 Å². The second-order valence-corrected chi connectivity index (χ2v) is 23.6. The van der Waals surface area contributed by atoms with Gasteiger partial charge in [0.05, 0.1) is 18.8 Å². The molecular formula is C21H36O3Si2. The van der Waals surface area contributed by atoms with Crippen LogP contribution in [-0.4, -0.2) is 32.1 Å². The number of rotatable bonds is 7. The van der Waals surface area contributed by atoms with Gasteiger partial charge in [-0.05, 0) is 63.0 Å². The second-order valence-electron chi connectivity index (χ2n) is 9.27. The van der Waals surface area contributed by atoms with Crippen LogP contribution >= 0.6 is 0 Å². The van der Waals surface area contributed by atoms with Gasteiger partial charge >= 0.3 is 5.97 Å². The fourth-order valence-corrected chi connectivity index (χ4v) is 18.2. The molecule has 1 aliphatic heterocycles. The van der Waals surface area contributed by atoms with E-state index >= 15 is 0 Å². The molecule has 0 aliphatic carbocycles. The Bertz CT molecular complexity index is 625. The molecule has 1 saturated heterocycles. The van der Waals surface area contributed by atoms with Gasteiger partial charge in [-0.1, -0.05) is 50.9 Å².